The molecule has 1 aromatic carbocycles. The molecule has 0 aliphatic rings. The lowest BCUT2D eigenvalue weighted by Crippen LogP contribution is -2.41. The highest BCUT2D eigenvalue weighted by Crippen LogP contribution is 2.23. The van der Waals surface area contributed by atoms with E-state index >= 15 is 0 Å². The monoisotopic (exact) mass is 389 g/mol. The van der Waals surface area contributed by atoms with E-state index in [0.29, 0.717) is 24.9 Å². The lowest BCUT2D eigenvalue weighted by molar-refractivity contribution is 0.298. The molecule has 1 atom stereocenters. The average Bonchev–Trinajstić information content (AvgIpc) is 3.10. The summed E-state index contributed by atoms with van der Waals surface area (Å²) in [6.07, 6.45) is 1.77. The molecule has 7 heteroatoms. The van der Waals surface area contributed by atoms with E-state index in [9.17, 15) is 4.39 Å². The van der Waals surface area contributed by atoms with Gasteiger partial charge in [-0.1, -0.05) is 32.9 Å². The zero-order valence-electron chi connectivity index (χ0n) is 17.7. The van der Waals surface area contributed by atoms with Gasteiger partial charge in [0.05, 0.1) is 12.2 Å². The number of aliphatic imine (C=N–C) groups is 1. The molecular weight excluding hydrogens is 357 g/mol. The van der Waals surface area contributed by atoms with Crippen molar-refractivity contribution >= 4 is 5.96 Å². The molecule has 0 aliphatic heterocycles. The Kier molecular flexibility index (Phi) is 7.57. The Morgan fingerprint density at radius 2 is 1.89 bits per heavy atom. The van der Waals surface area contributed by atoms with Crippen molar-refractivity contribution in [2.75, 3.05) is 27.2 Å². The fourth-order valence-corrected chi connectivity index (χ4v) is 2.70. The quantitative estimate of drug-likeness (QED) is 0.561. The largest absolute Gasteiger partial charge is 0.443 e. The van der Waals surface area contributed by atoms with Gasteiger partial charge >= 0.3 is 0 Å². The summed E-state index contributed by atoms with van der Waals surface area (Å²) in [7, 11) is 4.00. The minimum Gasteiger partial charge on any atom is -0.443 e. The molecule has 1 heterocycles. The maximum atomic E-state index is 13.2. The molecule has 2 rings (SSSR count). The third-order valence-electron chi connectivity index (χ3n) is 4.35. The summed E-state index contributed by atoms with van der Waals surface area (Å²) < 4.78 is 19.0. The number of benzene rings is 1. The number of hydrogen-bond acceptors (Lipinski definition) is 4. The van der Waals surface area contributed by atoms with Gasteiger partial charge in [-0.25, -0.2) is 14.4 Å². The van der Waals surface area contributed by atoms with Crippen molar-refractivity contribution in [1.82, 2.24) is 20.5 Å². The number of hydrogen-bond donors (Lipinski definition) is 2. The van der Waals surface area contributed by atoms with E-state index in [-0.39, 0.29) is 17.3 Å². The van der Waals surface area contributed by atoms with E-state index in [1.807, 2.05) is 33.2 Å². The number of nitrogens with zero attached hydrogens (tertiary/aromatic N) is 3. The van der Waals surface area contributed by atoms with E-state index in [4.69, 9.17) is 4.42 Å². The Balaban J connectivity index is 2.05. The molecule has 0 fully saturated rings. The van der Waals surface area contributed by atoms with Gasteiger partial charge in [0.25, 0.3) is 0 Å². The van der Waals surface area contributed by atoms with Crippen molar-refractivity contribution in [3.8, 4) is 0 Å². The maximum Gasteiger partial charge on any atom is 0.216 e. The molecule has 0 spiro atoms. The molecule has 28 heavy (non-hydrogen) atoms. The Bertz CT molecular complexity index is 762. The van der Waals surface area contributed by atoms with Gasteiger partial charge in [0.15, 0.2) is 5.96 Å². The van der Waals surface area contributed by atoms with Crippen LogP contribution in [0.4, 0.5) is 4.39 Å². The highest BCUT2D eigenvalue weighted by molar-refractivity contribution is 5.79. The Hall–Kier alpha value is -2.41. The topological polar surface area (TPSA) is 65.7 Å². The van der Waals surface area contributed by atoms with Crippen LogP contribution in [0.1, 0.15) is 51.0 Å². The summed E-state index contributed by atoms with van der Waals surface area (Å²) in [5.74, 6) is 1.89. The van der Waals surface area contributed by atoms with Crippen LogP contribution >= 0.6 is 0 Å². The van der Waals surface area contributed by atoms with Crippen LogP contribution in [0.3, 0.4) is 0 Å². The average molecular weight is 390 g/mol. The van der Waals surface area contributed by atoms with Crippen molar-refractivity contribution in [3.05, 3.63) is 53.5 Å². The standard InChI is InChI=1S/C21H32FN5O/c1-7-23-20(26-14-19-24-13-18(28-19)21(2,3)4)25-12-17(27(5)6)15-8-10-16(22)11-9-15/h8-11,13,17H,7,12,14H2,1-6H3,(H2,23,25,26). The minimum atomic E-state index is -0.232. The van der Waals surface area contributed by atoms with Crippen LogP contribution in [-0.4, -0.2) is 43.0 Å². The molecule has 0 saturated heterocycles. The van der Waals surface area contributed by atoms with E-state index < -0.39 is 0 Å². The first kappa shape index (κ1) is 21.9. The summed E-state index contributed by atoms with van der Waals surface area (Å²) in [6, 6.07) is 6.68. The number of halogens is 1. The first-order chi connectivity index (χ1) is 13.2. The lowest BCUT2D eigenvalue weighted by atomic mass is 9.94. The van der Waals surface area contributed by atoms with Gasteiger partial charge in [-0.3, -0.25) is 0 Å². The zero-order valence-corrected chi connectivity index (χ0v) is 17.7. The molecular formula is C21H32FN5O. The lowest BCUT2D eigenvalue weighted by Gasteiger charge is -2.26. The third-order valence-corrected chi connectivity index (χ3v) is 4.35. The number of likely N-dealkylation sites (N-methyl/N-ethyl adjacent to an activating group) is 1. The van der Waals surface area contributed by atoms with Crippen molar-refractivity contribution < 1.29 is 8.81 Å². The van der Waals surface area contributed by atoms with Crippen LogP contribution in [0.2, 0.25) is 0 Å². The van der Waals surface area contributed by atoms with Gasteiger partial charge in [-0.15, -0.1) is 0 Å². The third kappa shape index (κ3) is 6.34. The predicted octanol–water partition coefficient (Wildman–Crippen LogP) is 3.47. The van der Waals surface area contributed by atoms with Crippen LogP contribution in [0.15, 0.2) is 39.9 Å². The number of guanidine groups is 1. The van der Waals surface area contributed by atoms with Crippen LogP contribution in [0.25, 0.3) is 0 Å². The second-order valence-electron chi connectivity index (χ2n) is 7.98. The van der Waals surface area contributed by atoms with E-state index in [2.05, 4.69) is 46.3 Å². The number of oxazole rings is 1. The molecule has 154 valence electrons. The summed E-state index contributed by atoms with van der Waals surface area (Å²) in [6.45, 7) is 10.0. The Morgan fingerprint density at radius 3 is 2.43 bits per heavy atom. The first-order valence-corrected chi connectivity index (χ1v) is 9.60. The van der Waals surface area contributed by atoms with E-state index in [0.717, 1.165) is 17.9 Å². The highest BCUT2D eigenvalue weighted by Gasteiger charge is 2.19. The fraction of sp³-hybridized carbons (Fsp3) is 0.524. The predicted molar refractivity (Wildman–Crippen MR) is 111 cm³/mol. The molecule has 0 aliphatic carbocycles. The molecule has 6 nitrogen and oxygen atoms in total. The van der Waals surface area contributed by atoms with Crippen LogP contribution in [0, 0.1) is 5.82 Å². The molecule has 1 unspecified atom stereocenters. The van der Waals surface area contributed by atoms with E-state index in [1.54, 1.807) is 6.20 Å². The SMILES string of the molecule is CCNC(=NCc1ncc(C(C)(C)C)o1)NCC(c1ccc(F)cc1)N(C)C. The zero-order chi connectivity index (χ0) is 20.7. The van der Waals surface area contributed by atoms with Gasteiger partial charge in [-0.2, -0.15) is 0 Å². The van der Waals surface area contributed by atoms with Crippen LogP contribution in [-0.2, 0) is 12.0 Å². The first-order valence-electron chi connectivity index (χ1n) is 9.60. The van der Waals surface area contributed by atoms with Crippen molar-refractivity contribution in [2.45, 2.75) is 45.7 Å². The summed E-state index contributed by atoms with van der Waals surface area (Å²) in [4.78, 5) is 11.0. The molecule has 0 bridgehead atoms. The molecule has 2 N–H and O–H groups in total. The van der Waals surface area contributed by atoms with Crippen LogP contribution in [0.5, 0.6) is 0 Å². The number of aromatic nitrogens is 1. The summed E-state index contributed by atoms with van der Waals surface area (Å²) in [5.41, 5.74) is 0.962. The van der Waals surface area contributed by atoms with E-state index in [1.165, 1.54) is 12.1 Å². The van der Waals surface area contributed by atoms with Crippen molar-refractivity contribution in [1.29, 1.82) is 0 Å². The Labute approximate surface area is 167 Å². The van der Waals surface area contributed by atoms with Gasteiger partial charge in [0.1, 0.15) is 18.1 Å². The Morgan fingerprint density at radius 1 is 1.21 bits per heavy atom. The molecule has 0 amide bonds. The fourth-order valence-electron chi connectivity index (χ4n) is 2.70. The van der Waals surface area contributed by atoms with Gasteiger partial charge < -0.3 is 20.0 Å². The normalized spacial score (nSPS) is 13.6. The molecule has 2 aromatic rings. The minimum absolute atomic E-state index is 0.0776. The van der Waals surface area contributed by atoms with Crippen molar-refractivity contribution in [3.63, 3.8) is 0 Å². The van der Waals surface area contributed by atoms with Crippen molar-refractivity contribution in [2.24, 2.45) is 4.99 Å². The second-order valence-corrected chi connectivity index (χ2v) is 7.98. The highest BCUT2D eigenvalue weighted by atomic mass is 19.1. The van der Waals surface area contributed by atoms with Gasteiger partial charge in [0, 0.05) is 18.5 Å². The van der Waals surface area contributed by atoms with Gasteiger partial charge in [-0.05, 0) is 38.7 Å². The maximum absolute atomic E-state index is 13.2. The number of nitrogens with one attached hydrogen (secondary N) is 2. The smallest absolute Gasteiger partial charge is 0.216 e. The second kappa shape index (κ2) is 9.68. The summed E-state index contributed by atoms with van der Waals surface area (Å²) >= 11 is 0. The molecule has 1 aromatic heterocycles. The molecule has 0 radical (unpaired) electrons. The van der Waals surface area contributed by atoms with Gasteiger partial charge in [0.2, 0.25) is 5.89 Å². The molecule has 0 saturated carbocycles. The summed E-state index contributed by atoms with van der Waals surface area (Å²) in [5, 5.41) is 6.59. The number of rotatable bonds is 7. The van der Waals surface area contributed by atoms with Crippen LogP contribution < -0.4 is 10.6 Å².